The van der Waals surface area contributed by atoms with Gasteiger partial charge in [0.25, 0.3) is 0 Å². The van der Waals surface area contributed by atoms with E-state index in [9.17, 15) is 9.90 Å². The van der Waals surface area contributed by atoms with Gasteiger partial charge in [-0.2, -0.15) is 0 Å². The molecule has 1 aromatic rings. The molecule has 0 aromatic heterocycles. The number of carbonyl (C=O) groups is 1. The monoisotopic (exact) mass is 265 g/mol. The molecule has 0 saturated heterocycles. The molecule has 1 amide bonds. The fourth-order valence-electron chi connectivity index (χ4n) is 1.78. The summed E-state index contributed by atoms with van der Waals surface area (Å²) in [5, 5.41) is 12.1. The van der Waals surface area contributed by atoms with Gasteiger partial charge in [0.15, 0.2) is 0 Å². The van der Waals surface area contributed by atoms with Crippen molar-refractivity contribution in [2.24, 2.45) is 0 Å². The van der Waals surface area contributed by atoms with Crippen LogP contribution in [-0.2, 0) is 16.0 Å². The summed E-state index contributed by atoms with van der Waals surface area (Å²) in [4.78, 5) is 11.5. The van der Waals surface area contributed by atoms with Crippen molar-refractivity contribution in [1.82, 2.24) is 5.32 Å². The van der Waals surface area contributed by atoms with Gasteiger partial charge in [-0.3, -0.25) is 4.79 Å². The zero-order chi connectivity index (χ0) is 14.1. The molecule has 4 heteroatoms. The van der Waals surface area contributed by atoms with Gasteiger partial charge in [0.2, 0.25) is 5.91 Å². The summed E-state index contributed by atoms with van der Waals surface area (Å²) in [6, 6.07) is 8.35. The van der Waals surface area contributed by atoms with Gasteiger partial charge in [-0.05, 0) is 25.3 Å². The Hall–Kier alpha value is -1.39. The number of ether oxygens (including phenoxy) is 1. The Morgan fingerprint density at radius 3 is 2.68 bits per heavy atom. The molecule has 0 aliphatic heterocycles. The molecule has 2 N–H and O–H groups in total. The van der Waals surface area contributed by atoms with Crippen LogP contribution in [0.4, 0.5) is 0 Å². The summed E-state index contributed by atoms with van der Waals surface area (Å²) in [6.07, 6.45) is 1.56. The molecule has 4 nitrogen and oxygen atoms in total. The maximum Gasteiger partial charge on any atom is 0.220 e. The number of rotatable bonds is 8. The number of aryl methyl sites for hydroxylation is 2. The summed E-state index contributed by atoms with van der Waals surface area (Å²) in [6.45, 7) is 2.55. The first kappa shape index (κ1) is 15.7. The van der Waals surface area contributed by atoms with Crippen LogP contribution in [0.15, 0.2) is 24.3 Å². The zero-order valence-electron chi connectivity index (χ0n) is 11.7. The molecule has 19 heavy (non-hydrogen) atoms. The normalized spacial score (nSPS) is 12.2. The second kappa shape index (κ2) is 8.67. The highest BCUT2D eigenvalue weighted by molar-refractivity contribution is 5.75. The lowest BCUT2D eigenvalue weighted by Gasteiger charge is -2.10. The van der Waals surface area contributed by atoms with Crippen molar-refractivity contribution in [1.29, 1.82) is 0 Å². The Morgan fingerprint density at radius 1 is 1.37 bits per heavy atom. The second-order valence-corrected chi connectivity index (χ2v) is 4.75. The number of aliphatic hydroxyl groups is 1. The fourth-order valence-corrected chi connectivity index (χ4v) is 1.78. The van der Waals surface area contributed by atoms with Crippen molar-refractivity contribution < 1.29 is 14.6 Å². The molecule has 0 heterocycles. The SMILES string of the molecule is COCC(O)CNC(=O)CCCc1ccc(C)cc1. The van der Waals surface area contributed by atoms with E-state index in [1.165, 1.54) is 18.2 Å². The van der Waals surface area contributed by atoms with Crippen molar-refractivity contribution in [3.05, 3.63) is 35.4 Å². The van der Waals surface area contributed by atoms with Crippen LogP contribution < -0.4 is 5.32 Å². The van der Waals surface area contributed by atoms with Crippen LogP contribution in [0.5, 0.6) is 0 Å². The van der Waals surface area contributed by atoms with E-state index in [0.717, 1.165) is 12.8 Å². The molecule has 1 rings (SSSR count). The summed E-state index contributed by atoms with van der Waals surface area (Å²) < 4.78 is 4.78. The highest BCUT2D eigenvalue weighted by Gasteiger charge is 2.06. The third-order valence-electron chi connectivity index (χ3n) is 2.88. The molecular weight excluding hydrogens is 242 g/mol. The number of nitrogens with one attached hydrogen (secondary N) is 1. The van der Waals surface area contributed by atoms with Crippen molar-refractivity contribution in [3.8, 4) is 0 Å². The van der Waals surface area contributed by atoms with Gasteiger partial charge in [-0.1, -0.05) is 29.8 Å². The van der Waals surface area contributed by atoms with Crippen molar-refractivity contribution in [2.45, 2.75) is 32.3 Å². The molecule has 0 bridgehead atoms. The van der Waals surface area contributed by atoms with E-state index in [1.807, 2.05) is 0 Å². The third-order valence-corrected chi connectivity index (χ3v) is 2.88. The van der Waals surface area contributed by atoms with E-state index in [1.54, 1.807) is 0 Å². The van der Waals surface area contributed by atoms with Gasteiger partial charge < -0.3 is 15.2 Å². The van der Waals surface area contributed by atoms with E-state index in [0.29, 0.717) is 6.42 Å². The van der Waals surface area contributed by atoms with Gasteiger partial charge in [0, 0.05) is 20.1 Å². The number of carbonyl (C=O) groups excluding carboxylic acids is 1. The van der Waals surface area contributed by atoms with E-state index in [2.05, 4.69) is 36.5 Å². The second-order valence-electron chi connectivity index (χ2n) is 4.75. The van der Waals surface area contributed by atoms with Crippen LogP contribution in [0.1, 0.15) is 24.0 Å². The summed E-state index contributed by atoms with van der Waals surface area (Å²) in [5.74, 6) is -0.0257. The molecule has 0 aliphatic rings. The molecular formula is C15H23NO3. The topological polar surface area (TPSA) is 58.6 Å². The highest BCUT2D eigenvalue weighted by Crippen LogP contribution is 2.07. The van der Waals surface area contributed by atoms with Crippen LogP contribution in [-0.4, -0.2) is 37.4 Å². The predicted molar refractivity (Wildman–Crippen MR) is 75.0 cm³/mol. The number of benzene rings is 1. The standard InChI is InChI=1S/C15H23NO3/c1-12-6-8-13(9-7-12)4-3-5-15(18)16-10-14(17)11-19-2/h6-9,14,17H,3-5,10-11H2,1-2H3,(H,16,18). The first-order chi connectivity index (χ1) is 9.11. The number of hydrogen-bond acceptors (Lipinski definition) is 3. The Morgan fingerprint density at radius 2 is 2.05 bits per heavy atom. The average molecular weight is 265 g/mol. The molecule has 106 valence electrons. The molecule has 0 aliphatic carbocycles. The van der Waals surface area contributed by atoms with Crippen LogP contribution in [0.25, 0.3) is 0 Å². The van der Waals surface area contributed by atoms with Crippen LogP contribution >= 0.6 is 0 Å². The third kappa shape index (κ3) is 6.94. The molecule has 0 spiro atoms. The molecule has 0 saturated carbocycles. The van der Waals surface area contributed by atoms with E-state index in [4.69, 9.17) is 4.74 Å². The predicted octanol–water partition coefficient (Wildman–Crippen LogP) is 1.44. The first-order valence-corrected chi connectivity index (χ1v) is 6.61. The minimum Gasteiger partial charge on any atom is -0.389 e. The lowest BCUT2D eigenvalue weighted by molar-refractivity contribution is -0.121. The van der Waals surface area contributed by atoms with E-state index >= 15 is 0 Å². The van der Waals surface area contributed by atoms with Crippen LogP contribution in [0, 0.1) is 6.92 Å². The molecule has 0 radical (unpaired) electrons. The summed E-state index contributed by atoms with van der Waals surface area (Å²) in [7, 11) is 1.52. The van der Waals surface area contributed by atoms with E-state index < -0.39 is 6.10 Å². The Labute approximate surface area is 114 Å². The number of amides is 1. The molecule has 1 aromatic carbocycles. The zero-order valence-corrected chi connectivity index (χ0v) is 11.7. The molecule has 1 unspecified atom stereocenters. The van der Waals surface area contributed by atoms with Gasteiger partial charge in [-0.25, -0.2) is 0 Å². The molecule has 1 atom stereocenters. The maximum atomic E-state index is 11.5. The molecule has 0 fully saturated rings. The lowest BCUT2D eigenvalue weighted by Crippen LogP contribution is -2.34. The Bertz CT molecular complexity index is 375. The van der Waals surface area contributed by atoms with E-state index in [-0.39, 0.29) is 19.1 Å². The number of hydrogen-bond donors (Lipinski definition) is 2. The number of aliphatic hydroxyl groups excluding tert-OH is 1. The first-order valence-electron chi connectivity index (χ1n) is 6.61. The van der Waals surface area contributed by atoms with Crippen LogP contribution in [0.2, 0.25) is 0 Å². The van der Waals surface area contributed by atoms with Gasteiger partial charge in [0.1, 0.15) is 0 Å². The summed E-state index contributed by atoms with van der Waals surface area (Å²) >= 11 is 0. The fraction of sp³-hybridized carbons (Fsp3) is 0.533. The maximum absolute atomic E-state index is 11.5. The minimum atomic E-state index is -0.633. The van der Waals surface area contributed by atoms with Crippen molar-refractivity contribution in [2.75, 3.05) is 20.3 Å². The van der Waals surface area contributed by atoms with Gasteiger partial charge in [-0.15, -0.1) is 0 Å². The summed E-state index contributed by atoms with van der Waals surface area (Å²) in [5.41, 5.74) is 2.49. The Balaban J connectivity index is 2.15. The van der Waals surface area contributed by atoms with Crippen LogP contribution in [0.3, 0.4) is 0 Å². The lowest BCUT2D eigenvalue weighted by atomic mass is 10.1. The Kier molecular flexibility index (Phi) is 7.15. The quantitative estimate of drug-likeness (QED) is 0.748. The van der Waals surface area contributed by atoms with Gasteiger partial charge >= 0.3 is 0 Å². The van der Waals surface area contributed by atoms with Crippen molar-refractivity contribution in [3.63, 3.8) is 0 Å². The largest absolute Gasteiger partial charge is 0.389 e. The smallest absolute Gasteiger partial charge is 0.220 e. The highest BCUT2D eigenvalue weighted by atomic mass is 16.5. The minimum absolute atomic E-state index is 0.0257. The number of methoxy groups -OCH3 is 1. The average Bonchev–Trinajstić information content (AvgIpc) is 2.39. The van der Waals surface area contributed by atoms with Gasteiger partial charge in [0.05, 0.1) is 12.7 Å². The van der Waals surface area contributed by atoms with Crippen molar-refractivity contribution >= 4 is 5.91 Å².